The molecule has 0 spiro atoms. The van der Waals surface area contributed by atoms with E-state index in [-0.39, 0.29) is 6.79 Å². The van der Waals surface area contributed by atoms with E-state index in [1.54, 1.807) is 22.9 Å². The average Bonchev–Trinajstić information content (AvgIpc) is 3.16. The van der Waals surface area contributed by atoms with Crippen LogP contribution in [0.1, 0.15) is 5.56 Å². The fourth-order valence-electron chi connectivity index (χ4n) is 2.46. The molecule has 1 aliphatic rings. The average molecular weight is 348 g/mol. The van der Waals surface area contributed by atoms with Crippen LogP contribution < -0.4 is 9.47 Å². The third kappa shape index (κ3) is 2.73. The Bertz CT molecular complexity index is 859. The quantitative estimate of drug-likeness (QED) is 0.717. The summed E-state index contributed by atoms with van der Waals surface area (Å²) in [7, 11) is 0. The van der Waals surface area contributed by atoms with Gasteiger partial charge in [-0.2, -0.15) is 0 Å². The summed E-state index contributed by atoms with van der Waals surface area (Å²) >= 11 is 12.4. The molecule has 1 aliphatic heterocycles. The van der Waals surface area contributed by atoms with Gasteiger partial charge in [-0.25, -0.2) is 4.68 Å². The van der Waals surface area contributed by atoms with E-state index in [4.69, 9.17) is 32.7 Å². The lowest BCUT2D eigenvalue weighted by Gasteiger charge is -2.03. The van der Waals surface area contributed by atoms with E-state index < -0.39 is 0 Å². The van der Waals surface area contributed by atoms with Crippen molar-refractivity contribution < 1.29 is 9.47 Å². The lowest BCUT2D eigenvalue weighted by Crippen LogP contribution is -2.00. The largest absolute Gasteiger partial charge is 0.454 e. The molecule has 5 nitrogen and oxygen atoms in total. The fourth-order valence-corrected chi connectivity index (χ4v) is 3.05. The second-order valence-corrected chi connectivity index (χ2v) is 5.90. The predicted molar refractivity (Wildman–Crippen MR) is 87.1 cm³/mol. The minimum Gasteiger partial charge on any atom is -0.454 e. The van der Waals surface area contributed by atoms with Gasteiger partial charge < -0.3 is 9.47 Å². The molecule has 2 aromatic carbocycles. The standard InChI is InChI=1S/C16H11Cl2N3O2/c17-11-2-1-3-12(18)16(11)13-8-21(20-19-13)7-10-4-5-14-15(6-10)23-9-22-14/h1-6,8H,7,9H2. The van der Waals surface area contributed by atoms with Crippen LogP contribution in [0.25, 0.3) is 11.3 Å². The SMILES string of the molecule is Clc1cccc(Cl)c1-c1cn(Cc2ccc3c(c2)OCO3)nn1. The molecule has 0 saturated carbocycles. The second kappa shape index (κ2) is 5.76. The van der Waals surface area contributed by atoms with Gasteiger partial charge >= 0.3 is 0 Å². The highest BCUT2D eigenvalue weighted by Crippen LogP contribution is 2.34. The van der Waals surface area contributed by atoms with E-state index in [2.05, 4.69) is 10.3 Å². The van der Waals surface area contributed by atoms with Crippen molar-refractivity contribution in [2.24, 2.45) is 0 Å². The van der Waals surface area contributed by atoms with Gasteiger partial charge in [0.15, 0.2) is 11.5 Å². The molecule has 0 unspecified atom stereocenters. The molecule has 116 valence electrons. The molecule has 4 rings (SSSR count). The number of hydrogen-bond acceptors (Lipinski definition) is 4. The first-order valence-electron chi connectivity index (χ1n) is 6.94. The first-order valence-corrected chi connectivity index (χ1v) is 7.69. The Balaban J connectivity index is 1.61. The molecular formula is C16H11Cl2N3O2. The lowest BCUT2D eigenvalue weighted by atomic mass is 10.1. The van der Waals surface area contributed by atoms with Crippen LogP contribution >= 0.6 is 23.2 Å². The van der Waals surface area contributed by atoms with Gasteiger partial charge in [-0.3, -0.25) is 0 Å². The Morgan fingerprint density at radius 2 is 1.83 bits per heavy atom. The van der Waals surface area contributed by atoms with E-state index in [0.29, 0.717) is 27.8 Å². The lowest BCUT2D eigenvalue weighted by molar-refractivity contribution is 0.174. The summed E-state index contributed by atoms with van der Waals surface area (Å²) in [4.78, 5) is 0. The van der Waals surface area contributed by atoms with Crippen molar-refractivity contribution in [1.82, 2.24) is 15.0 Å². The molecule has 23 heavy (non-hydrogen) atoms. The minimum atomic E-state index is 0.261. The summed E-state index contributed by atoms with van der Waals surface area (Å²) in [5, 5.41) is 9.40. The molecular weight excluding hydrogens is 337 g/mol. The molecule has 0 N–H and O–H groups in total. The number of hydrogen-bond donors (Lipinski definition) is 0. The van der Waals surface area contributed by atoms with Crippen LogP contribution in [0.4, 0.5) is 0 Å². The van der Waals surface area contributed by atoms with E-state index in [1.807, 2.05) is 24.4 Å². The maximum atomic E-state index is 6.21. The van der Waals surface area contributed by atoms with E-state index >= 15 is 0 Å². The van der Waals surface area contributed by atoms with Crippen LogP contribution in [-0.4, -0.2) is 21.8 Å². The molecule has 0 fully saturated rings. The smallest absolute Gasteiger partial charge is 0.231 e. The highest BCUT2D eigenvalue weighted by Gasteiger charge is 2.15. The second-order valence-electron chi connectivity index (χ2n) is 5.09. The van der Waals surface area contributed by atoms with Crippen molar-refractivity contribution in [2.75, 3.05) is 6.79 Å². The van der Waals surface area contributed by atoms with Gasteiger partial charge in [-0.1, -0.05) is 40.5 Å². The van der Waals surface area contributed by atoms with E-state index in [9.17, 15) is 0 Å². The number of benzene rings is 2. The zero-order valence-electron chi connectivity index (χ0n) is 11.9. The van der Waals surface area contributed by atoms with Crippen molar-refractivity contribution in [3.8, 4) is 22.8 Å². The third-order valence-corrected chi connectivity index (χ3v) is 4.17. The van der Waals surface area contributed by atoms with Crippen LogP contribution in [-0.2, 0) is 6.54 Å². The molecule has 0 radical (unpaired) electrons. The topological polar surface area (TPSA) is 49.2 Å². The Hall–Kier alpha value is -2.24. The highest BCUT2D eigenvalue weighted by molar-refractivity contribution is 6.39. The fraction of sp³-hybridized carbons (Fsp3) is 0.125. The van der Waals surface area contributed by atoms with Gasteiger partial charge in [0.1, 0.15) is 5.69 Å². The van der Waals surface area contributed by atoms with Crippen molar-refractivity contribution >= 4 is 23.2 Å². The van der Waals surface area contributed by atoms with Crippen LogP contribution in [0.2, 0.25) is 10.0 Å². The summed E-state index contributed by atoms with van der Waals surface area (Å²) in [5.74, 6) is 1.51. The number of fused-ring (bicyclic) bond motifs is 1. The zero-order valence-corrected chi connectivity index (χ0v) is 13.4. The molecule has 0 bridgehead atoms. The Kier molecular flexibility index (Phi) is 3.59. The summed E-state index contributed by atoms with van der Waals surface area (Å²) in [6.45, 7) is 0.822. The van der Waals surface area contributed by atoms with Gasteiger partial charge in [-0.05, 0) is 29.8 Å². The third-order valence-electron chi connectivity index (χ3n) is 3.54. The van der Waals surface area contributed by atoms with Crippen molar-refractivity contribution in [3.05, 3.63) is 58.2 Å². The number of ether oxygens (including phenoxy) is 2. The van der Waals surface area contributed by atoms with Crippen LogP contribution in [0, 0.1) is 0 Å². The molecule has 0 atom stereocenters. The molecule has 3 aromatic rings. The molecule has 0 saturated heterocycles. The monoisotopic (exact) mass is 347 g/mol. The molecule has 7 heteroatoms. The van der Waals surface area contributed by atoms with Crippen molar-refractivity contribution in [3.63, 3.8) is 0 Å². The van der Waals surface area contributed by atoms with Crippen molar-refractivity contribution in [2.45, 2.75) is 6.54 Å². The highest BCUT2D eigenvalue weighted by atomic mass is 35.5. The normalized spacial score (nSPS) is 12.6. The summed E-state index contributed by atoms with van der Waals surface area (Å²) in [6, 6.07) is 11.1. The maximum Gasteiger partial charge on any atom is 0.231 e. The van der Waals surface area contributed by atoms with Gasteiger partial charge in [0.25, 0.3) is 0 Å². The van der Waals surface area contributed by atoms with Crippen molar-refractivity contribution in [1.29, 1.82) is 0 Å². The van der Waals surface area contributed by atoms with Crippen LogP contribution in [0.15, 0.2) is 42.6 Å². The van der Waals surface area contributed by atoms with E-state index in [1.165, 1.54) is 0 Å². The van der Waals surface area contributed by atoms with Gasteiger partial charge in [0.05, 0.1) is 22.8 Å². The molecule has 2 heterocycles. The Labute approximate surface area is 142 Å². The molecule has 0 aliphatic carbocycles. The van der Waals surface area contributed by atoms with Gasteiger partial charge in [-0.15, -0.1) is 5.10 Å². The Morgan fingerprint density at radius 3 is 2.65 bits per heavy atom. The Morgan fingerprint density at radius 1 is 1.04 bits per heavy atom. The van der Waals surface area contributed by atoms with Crippen LogP contribution in [0.5, 0.6) is 11.5 Å². The number of rotatable bonds is 3. The molecule has 0 amide bonds. The van der Waals surface area contributed by atoms with Gasteiger partial charge in [0.2, 0.25) is 6.79 Å². The summed E-state index contributed by atoms with van der Waals surface area (Å²) in [5.41, 5.74) is 2.37. The first kappa shape index (κ1) is 14.4. The molecule has 1 aromatic heterocycles. The first-order chi connectivity index (χ1) is 11.2. The minimum absolute atomic E-state index is 0.261. The number of halogens is 2. The van der Waals surface area contributed by atoms with E-state index in [0.717, 1.165) is 17.1 Å². The summed E-state index contributed by atoms with van der Waals surface area (Å²) in [6.07, 6.45) is 1.82. The predicted octanol–water partition coefficient (Wildman–Crippen LogP) is 4.03. The maximum absolute atomic E-state index is 6.21. The zero-order chi connectivity index (χ0) is 15.8. The number of aromatic nitrogens is 3. The van der Waals surface area contributed by atoms with Gasteiger partial charge in [0, 0.05) is 5.56 Å². The van der Waals surface area contributed by atoms with Crippen LogP contribution in [0.3, 0.4) is 0 Å². The summed E-state index contributed by atoms with van der Waals surface area (Å²) < 4.78 is 12.4. The number of nitrogens with zero attached hydrogens (tertiary/aromatic N) is 3.